The summed E-state index contributed by atoms with van der Waals surface area (Å²) in [6.07, 6.45) is -43.6. The Hall–Kier alpha value is -3.08. The topological polar surface area (TPSA) is 522 Å². The van der Waals surface area contributed by atoms with Crippen molar-refractivity contribution in [2.24, 2.45) is 0 Å². The van der Waals surface area contributed by atoms with Crippen LogP contribution in [0.2, 0.25) is 0 Å². The Morgan fingerprint density at radius 3 is 1.73 bits per heavy atom. The lowest BCUT2D eigenvalue weighted by atomic mass is 9.88. The van der Waals surface area contributed by atoms with Crippen LogP contribution in [0.15, 0.2) is 0 Å². The highest BCUT2D eigenvalue weighted by molar-refractivity contribution is 5.77. The summed E-state index contributed by atoms with van der Waals surface area (Å²) >= 11 is 0. The molecule has 32 nitrogen and oxygen atoms in total. The summed E-state index contributed by atoms with van der Waals surface area (Å²) in [5.74, 6) is -7.81. The van der Waals surface area contributed by atoms with Crippen molar-refractivity contribution in [2.75, 3.05) is 39.6 Å². The predicted octanol–water partition coefficient (Wildman–Crippen LogP) is -12.7. The third-order valence-electron chi connectivity index (χ3n) is 12.1. The van der Waals surface area contributed by atoms with Gasteiger partial charge >= 0.3 is 5.97 Å². The van der Waals surface area contributed by atoms with Crippen molar-refractivity contribution in [3.63, 3.8) is 0 Å². The van der Waals surface area contributed by atoms with E-state index in [9.17, 15) is 106 Å². The lowest BCUT2D eigenvalue weighted by Gasteiger charge is -2.50. The lowest BCUT2D eigenvalue weighted by Crippen LogP contribution is -2.70. The molecule has 4 aliphatic heterocycles. The van der Waals surface area contributed by atoms with Crippen LogP contribution in [0, 0.1) is 0 Å². The molecule has 412 valence electrons. The number of carbonyl (C=O) groups excluding carboxylic acids is 3. The first-order valence-electron chi connectivity index (χ1n) is 22.1. The first-order valence-corrected chi connectivity index (χ1v) is 22.1. The van der Waals surface area contributed by atoms with Crippen LogP contribution in [-0.4, -0.2) is 303 Å². The van der Waals surface area contributed by atoms with Crippen LogP contribution in [-0.2, 0) is 57.1 Å². The summed E-state index contributed by atoms with van der Waals surface area (Å²) < 4.78 is 44.9. The van der Waals surface area contributed by atoms with E-state index in [-0.39, 0.29) is 0 Å². The minimum atomic E-state index is -3.20. The maximum atomic E-state index is 12.9. The summed E-state index contributed by atoms with van der Waals surface area (Å²) in [5.41, 5.74) is 0. The van der Waals surface area contributed by atoms with Crippen LogP contribution in [0.25, 0.3) is 0 Å². The fourth-order valence-electron chi connectivity index (χ4n) is 8.45. The maximum absolute atomic E-state index is 12.9. The van der Waals surface area contributed by atoms with E-state index in [1.54, 1.807) is 0 Å². The van der Waals surface area contributed by atoms with E-state index < -0.39 is 222 Å². The Morgan fingerprint density at radius 2 is 1.20 bits per heavy atom. The second-order valence-electron chi connectivity index (χ2n) is 17.4. The van der Waals surface area contributed by atoms with E-state index in [2.05, 4.69) is 16.0 Å². The largest absolute Gasteiger partial charge is 0.477 e. The molecule has 0 bridgehead atoms. The molecule has 4 heterocycles. The molecule has 3 amide bonds. The summed E-state index contributed by atoms with van der Waals surface area (Å²) in [5, 5.41) is 187. The van der Waals surface area contributed by atoms with E-state index >= 15 is 0 Å². The number of hydrogen-bond donors (Lipinski definition) is 20. The number of carbonyl (C=O) groups is 4. The Labute approximate surface area is 402 Å². The fourth-order valence-corrected chi connectivity index (χ4v) is 8.45. The Bertz CT molecular complexity index is 1720. The highest BCUT2D eigenvalue weighted by Crippen LogP contribution is 2.38. The number of ether oxygens (including phenoxy) is 8. The summed E-state index contributed by atoms with van der Waals surface area (Å²) in [4.78, 5) is 49.5. The molecule has 4 aliphatic rings. The number of carboxylic acids is 1. The molecule has 71 heavy (non-hydrogen) atoms. The molecular formula is C39H67N3O29. The van der Waals surface area contributed by atoms with E-state index in [0.29, 0.717) is 0 Å². The van der Waals surface area contributed by atoms with Crippen LogP contribution < -0.4 is 16.0 Å². The standard InChI is InChI=1S/C39H67N3O29/c1-11(48)40-14(5-43)31(24(55)17(53)10-64-35-22(42-13(3)50)27(58)32(20(9-47)67-35)69-36-29(60)28(59)25(56)18(7-45)65-36)68-37-30(61)34(26(57)19(8-46)66-37)71-39(38(62)63)4-15(51)21(41-12(2)49)33(70-39)23(54)16(52)6-44/h14-37,43-47,51-61H,4-10H2,1-3H3,(H,40,48)(H,41,49)(H,42,50)(H,62,63)/t14-,15-,16+,17+,18+,19+,20+,21+,22+,23+,24-,25-,26-,27+,28-,29+,30+,31+,32+,33+,34-,35+,36-,37-,39-/m0/s1. The Morgan fingerprint density at radius 1 is 0.634 bits per heavy atom. The monoisotopic (exact) mass is 1040 g/mol. The molecule has 0 unspecified atom stereocenters. The van der Waals surface area contributed by atoms with Gasteiger partial charge in [0, 0.05) is 27.2 Å². The molecular weight excluding hydrogens is 974 g/mol. The van der Waals surface area contributed by atoms with Gasteiger partial charge in [0.2, 0.25) is 17.7 Å². The number of aliphatic hydroxyl groups is 16. The van der Waals surface area contributed by atoms with Gasteiger partial charge in [-0.05, 0) is 0 Å². The fraction of sp³-hybridized carbons (Fsp3) is 0.897. The van der Waals surface area contributed by atoms with Crippen LogP contribution in [0.5, 0.6) is 0 Å². The molecule has 0 aliphatic carbocycles. The molecule has 0 aromatic rings. The average Bonchev–Trinajstić information content (AvgIpc) is 3.32. The van der Waals surface area contributed by atoms with Crippen molar-refractivity contribution in [3.05, 3.63) is 0 Å². The van der Waals surface area contributed by atoms with Gasteiger partial charge in [-0.25, -0.2) is 4.79 Å². The van der Waals surface area contributed by atoms with Gasteiger partial charge in [0.25, 0.3) is 5.79 Å². The number of carboxylic acid groups (broad SMARTS) is 1. The number of hydrogen-bond acceptors (Lipinski definition) is 28. The van der Waals surface area contributed by atoms with Gasteiger partial charge < -0.3 is 141 Å². The van der Waals surface area contributed by atoms with Crippen molar-refractivity contribution >= 4 is 23.7 Å². The van der Waals surface area contributed by atoms with Crippen molar-refractivity contribution in [3.8, 4) is 0 Å². The first kappa shape index (κ1) is 60.5. The quantitative estimate of drug-likeness (QED) is 0.0452. The van der Waals surface area contributed by atoms with Crippen molar-refractivity contribution in [1.82, 2.24) is 16.0 Å². The van der Waals surface area contributed by atoms with E-state index in [4.69, 9.17) is 37.9 Å². The molecule has 0 saturated carbocycles. The minimum Gasteiger partial charge on any atom is -0.477 e. The lowest BCUT2D eigenvalue weighted by molar-refractivity contribution is -0.376. The molecule has 0 aromatic carbocycles. The Balaban J connectivity index is 1.61. The first-order chi connectivity index (χ1) is 33.3. The molecule has 20 N–H and O–H groups in total. The average molecular weight is 1040 g/mol. The van der Waals surface area contributed by atoms with Gasteiger partial charge in [-0.3, -0.25) is 14.4 Å². The highest BCUT2D eigenvalue weighted by atomic mass is 16.8. The molecule has 32 heteroatoms. The number of rotatable bonds is 23. The van der Waals surface area contributed by atoms with Crippen LogP contribution in [0.1, 0.15) is 27.2 Å². The molecule has 0 spiro atoms. The van der Waals surface area contributed by atoms with Crippen LogP contribution in [0.4, 0.5) is 0 Å². The molecule has 4 fully saturated rings. The number of amides is 3. The zero-order valence-electron chi connectivity index (χ0n) is 38.3. The van der Waals surface area contributed by atoms with E-state index in [1.807, 2.05) is 0 Å². The van der Waals surface area contributed by atoms with Crippen molar-refractivity contribution in [2.45, 2.75) is 180 Å². The van der Waals surface area contributed by atoms with Crippen LogP contribution in [0.3, 0.4) is 0 Å². The molecule has 0 radical (unpaired) electrons. The van der Waals surface area contributed by atoms with Gasteiger partial charge in [0.15, 0.2) is 18.9 Å². The highest BCUT2D eigenvalue weighted by Gasteiger charge is 2.60. The summed E-state index contributed by atoms with van der Waals surface area (Å²) in [6, 6.07) is -5.09. The number of aliphatic hydroxyl groups excluding tert-OH is 16. The summed E-state index contributed by atoms with van der Waals surface area (Å²) in [7, 11) is 0. The molecule has 25 atom stereocenters. The molecule has 4 rings (SSSR count). The van der Waals surface area contributed by atoms with Gasteiger partial charge in [0.05, 0.1) is 57.8 Å². The smallest absolute Gasteiger partial charge is 0.364 e. The van der Waals surface area contributed by atoms with Gasteiger partial charge in [-0.2, -0.15) is 0 Å². The maximum Gasteiger partial charge on any atom is 0.364 e. The second kappa shape index (κ2) is 26.4. The molecule has 0 aromatic heterocycles. The van der Waals surface area contributed by atoms with Gasteiger partial charge in [0.1, 0.15) is 110 Å². The number of nitrogens with one attached hydrogen (secondary N) is 3. The van der Waals surface area contributed by atoms with Gasteiger partial charge in [-0.15, -0.1) is 0 Å². The van der Waals surface area contributed by atoms with E-state index in [0.717, 1.165) is 20.8 Å². The second-order valence-corrected chi connectivity index (χ2v) is 17.4. The van der Waals surface area contributed by atoms with Crippen molar-refractivity contribution in [1.29, 1.82) is 0 Å². The van der Waals surface area contributed by atoms with Gasteiger partial charge in [-0.1, -0.05) is 0 Å². The van der Waals surface area contributed by atoms with Crippen molar-refractivity contribution < 1.29 is 144 Å². The summed E-state index contributed by atoms with van der Waals surface area (Å²) in [6.45, 7) is -3.33. The third-order valence-corrected chi connectivity index (χ3v) is 12.1. The normalized spacial score (nSPS) is 40.3. The minimum absolute atomic E-state index is 0.817. The van der Waals surface area contributed by atoms with E-state index in [1.165, 1.54) is 0 Å². The zero-order chi connectivity index (χ0) is 53.4. The zero-order valence-corrected chi connectivity index (χ0v) is 38.3. The third kappa shape index (κ3) is 14.2. The molecule has 4 saturated heterocycles. The van der Waals surface area contributed by atoms with Crippen LogP contribution >= 0.6 is 0 Å². The predicted molar refractivity (Wildman–Crippen MR) is 221 cm³/mol. The number of aliphatic carboxylic acids is 1. The SMILES string of the molecule is CC(=O)N[C@H]1[C@H](OC[C@@H](O)[C@H](O)[C@H](O[C@@H]2O[C@H](CO)[C@H](O)[C@H](O[C@]3(C(=O)O)C[C@H](O)[C@@H](NC(C)=O)[C@H]([C@H](O)[C@H](O)CO)O3)[C@H]2O)[C@H](CO)NC(C)=O)O[C@H](CO)[C@@H](O[C@@H]2O[C@H](CO)[C@H](O)[C@H](O)[C@H]2O)[C@@H]1O. The Kier molecular flexibility index (Phi) is 22.5.